The van der Waals surface area contributed by atoms with Crippen LogP contribution in [0.2, 0.25) is 0 Å². The fraction of sp³-hybridized carbons (Fsp3) is 0.389. The Morgan fingerprint density at radius 3 is 2.92 bits per heavy atom. The van der Waals surface area contributed by atoms with Crippen molar-refractivity contribution in [1.29, 1.82) is 0 Å². The quantitative estimate of drug-likeness (QED) is 0.861. The second kappa shape index (κ2) is 7.30. The summed E-state index contributed by atoms with van der Waals surface area (Å²) in [7, 11) is 0. The lowest BCUT2D eigenvalue weighted by Gasteiger charge is -2.31. The van der Waals surface area contributed by atoms with E-state index in [9.17, 15) is 4.79 Å². The second-order valence-corrected chi connectivity index (χ2v) is 7.27. The van der Waals surface area contributed by atoms with E-state index in [0.717, 1.165) is 35.4 Å². The van der Waals surface area contributed by atoms with Gasteiger partial charge in [-0.1, -0.05) is 28.9 Å². The second-order valence-electron chi connectivity index (χ2n) is 6.35. The zero-order valence-corrected chi connectivity index (χ0v) is 15.5. The number of hydrogen-bond donors (Lipinski definition) is 1. The lowest BCUT2D eigenvalue weighted by Crippen LogP contribution is -2.36. The predicted octanol–water partition coefficient (Wildman–Crippen LogP) is 4.04. The molecule has 1 fully saturated rings. The van der Waals surface area contributed by atoms with E-state index in [2.05, 4.69) is 43.0 Å². The van der Waals surface area contributed by atoms with Crippen LogP contribution in [0, 0.1) is 12.8 Å². The number of amides is 1. The Kier molecular flexibility index (Phi) is 5.14. The van der Waals surface area contributed by atoms with E-state index in [1.807, 2.05) is 31.2 Å². The van der Waals surface area contributed by atoms with Crippen LogP contribution in [0.15, 0.2) is 34.8 Å². The molecule has 1 amide bonds. The minimum Gasteiger partial charge on any atom is -0.341 e. The van der Waals surface area contributed by atoms with E-state index in [1.165, 1.54) is 6.42 Å². The first kappa shape index (κ1) is 16.9. The number of anilines is 2. The molecular formula is C18H21BrN4O. The minimum absolute atomic E-state index is 0.218. The van der Waals surface area contributed by atoms with E-state index in [0.29, 0.717) is 17.6 Å². The van der Waals surface area contributed by atoms with Gasteiger partial charge >= 0.3 is 0 Å². The number of hydrogen-bond acceptors (Lipinski definition) is 4. The number of aryl methyl sites for hydroxylation is 1. The Balaban J connectivity index is 1.81. The largest absolute Gasteiger partial charge is 0.341 e. The van der Waals surface area contributed by atoms with Gasteiger partial charge in [0, 0.05) is 28.9 Å². The highest BCUT2D eigenvalue weighted by molar-refractivity contribution is 9.10. The molecule has 1 aromatic carbocycles. The number of aromatic nitrogens is 2. The number of halogens is 1. The number of rotatable bonds is 3. The van der Waals surface area contributed by atoms with Gasteiger partial charge in [0.2, 0.25) is 5.95 Å². The molecule has 24 heavy (non-hydrogen) atoms. The maximum absolute atomic E-state index is 12.5. The SMILES string of the molecule is Cc1cc(C(=O)Nc2cccc(Br)c2)nc(N2CCCC(C)C2)n1. The lowest BCUT2D eigenvalue weighted by molar-refractivity contribution is 0.102. The zero-order valence-electron chi connectivity index (χ0n) is 13.9. The van der Waals surface area contributed by atoms with E-state index < -0.39 is 0 Å². The van der Waals surface area contributed by atoms with Gasteiger partial charge in [-0.3, -0.25) is 4.79 Å². The Morgan fingerprint density at radius 1 is 1.33 bits per heavy atom. The Labute approximate surface area is 150 Å². The highest BCUT2D eigenvalue weighted by Crippen LogP contribution is 2.21. The zero-order chi connectivity index (χ0) is 17.1. The van der Waals surface area contributed by atoms with Crippen LogP contribution in [-0.4, -0.2) is 29.0 Å². The summed E-state index contributed by atoms with van der Waals surface area (Å²) in [5.74, 6) is 1.06. The van der Waals surface area contributed by atoms with Crippen molar-refractivity contribution < 1.29 is 4.79 Å². The number of nitrogens with zero attached hydrogens (tertiary/aromatic N) is 3. The Hall–Kier alpha value is -1.95. The monoisotopic (exact) mass is 388 g/mol. The molecule has 1 saturated heterocycles. The van der Waals surface area contributed by atoms with Crippen LogP contribution in [-0.2, 0) is 0 Å². The average molecular weight is 389 g/mol. The number of nitrogens with one attached hydrogen (secondary N) is 1. The summed E-state index contributed by atoms with van der Waals surface area (Å²) < 4.78 is 0.919. The van der Waals surface area contributed by atoms with Gasteiger partial charge in [0.15, 0.2) is 0 Å². The third-order valence-corrected chi connectivity index (χ3v) is 4.59. The summed E-state index contributed by atoms with van der Waals surface area (Å²) in [5.41, 5.74) is 1.94. The molecule has 0 radical (unpaired) electrons. The van der Waals surface area contributed by atoms with Crippen molar-refractivity contribution >= 4 is 33.5 Å². The predicted molar refractivity (Wildman–Crippen MR) is 99.5 cm³/mol. The summed E-state index contributed by atoms with van der Waals surface area (Å²) in [6.07, 6.45) is 2.37. The molecular weight excluding hydrogens is 368 g/mol. The molecule has 0 spiro atoms. The summed E-state index contributed by atoms with van der Waals surface area (Å²) in [4.78, 5) is 23.7. The van der Waals surface area contributed by atoms with Crippen LogP contribution in [0.1, 0.15) is 35.9 Å². The normalized spacial score (nSPS) is 17.6. The fourth-order valence-electron chi connectivity index (χ4n) is 2.94. The molecule has 1 atom stereocenters. The Bertz CT molecular complexity index is 750. The molecule has 2 aromatic rings. The molecule has 0 aliphatic carbocycles. The molecule has 1 aliphatic heterocycles. The molecule has 0 bridgehead atoms. The Morgan fingerprint density at radius 2 is 2.17 bits per heavy atom. The van der Waals surface area contributed by atoms with Gasteiger partial charge in [-0.15, -0.1) is 0 Å². The van der Waals surface area contributed by atoms with Gasteiger partial charge in [0.05, 0.1) is 0 Å². The van der Waals surface area contributed by atoms with Crippen LogP contribution < -0.4 is 10.2 Å². The molecule has 5 nitrogen and oxygen atoms in total. The summed E-state index contributed by atoms with van der Waals surface area (Å²) in [5, 5.41) is 2.89. The number of carbonyl (C=O) groups is 1. The number of benzene rings is 1. The van der Waals surface area contributed by atoms with Gasteiger partial charge in [-0.05, 0) is 49.9 Å². The molecule has 1 aliphatic rings. The molecule has 1 aromatic heterocycles. The van der Waals surface area contributed by atoms with Crippen molar-refractivity contribution in [3.8, 4) is 0 Å². The van der Waals surface area contributed by atoms with Gasteiger partial charge in [-0.25, -0.2) is 9.97 Å². The molecule has 0 saturated carbocycles. The first-order valence-electron chi connectivity index (χ1n) is 8.19. The van der Waals surface area contributed by atoms with Crippen molar-refractivity contribution in [3.05, 3.63) is 46.2 Å². The van der Waals surface area contributed by atoms with E-state index >= 15 is 0 Å². The first-order chi connectivity index (χ1) is 11.5. The first-order valence-corrected chi connectivity index (χ1v) is 8.98. The summed E-state index contributed by atoms with van der Waals surface area (Å²) in [6.45, 7) is 6.02. The number of piperidine rings is 1. The topological polar surface area (TPSA) is 58.1 Å². The highest BCUT2D eigenvalue weighted by atomic mass is 79.9. The molecule has 3 rings (SSSR count). The van der Waals surface area contributed by atoms with Crippen molar-refractivity contribution in [2.45, 2.75) is 26.7 Å². The van der Waals surface area contributed by atoms with Gasteiger partial charge in [-0.2, -0.15) is 0 Å². The van der Waals surface area contributed by atoms with Crippen molar-refractivity contribution in [2.75, 3.05) is 23.3 Å². The average Bonchev–Trinajstić information content (AvgIpc) is 2.54. The molecule has 1 N–H and O–H groups in total. The summed E-state index contributed by atoms with van der Waals surface area (Å²) in [6, 6.07) is 9.24. The van der Waals surface area contributed by atoms with E-state index in [1.54, 1.807) is 6.07 Å². The van der Waals surface area contributed by atoms with Crippen LogP contribution in [0.5, 0.6) is 0 Å². The smallest absolute Gasteiger partial charge is 0.274 e. The maximum atomic E-state index is 12.5. The van der Waals surface area contributed by atoms with Gasteiger partial charge in [0.25, 0.3) is 5.91 Å². The van der Waals surface area contributed by atoms with Crippen molar-refractivity contribution in [2.24, 2.45) is 5.92 Å². The minimum atomic E-state index is -0.218. The van der Waals surface area contributed by atoms with Crippen molar-refractivity contribution in [3.63, 3.8) is 0 Å². The third kappa shape index (κ3) is 4.12. The molecule has 1 unspecified atom stereocenters. The van der Waals surface area contributed by atoms with Crippen molar-refractivity contribution in [1.82, 2.24) is 9.97 Å². The van der Waals surface area contributed by atoms with E-state index in [-0.39, 0.29) is 5.91 Å². The maximum Gasteiger partial charge on any atom is 0.274 e. The molecule has 2 heterocycles. The standard InChI is InChI=1S/C18H21BrN4O/c1-12-5-4-8-23(11-12)18-20-13(2)9-16(22-18)17(24)21-15-7-3-6-14(19)10-15/h3,6-7,9-10,12H,4-5,8,11H2,1-2H3,(H,21,24). The lowest BCUT2D eigenvalue weighted by atomic mass is 10.0. The number of carbonyl (C=O) groups excluding carboxylic acids is 1. The van der Waals surface area contributed by atoms with E-state index in [4.69, 9.17) is 0 Å². The third-order valence-electron chi connectivity index (χ3n) is 4.10. The highest BCUT2D eigenvalue weighted by Gasteiger charge is 2.20. The van der Waals surface area contributed by atoms with Crippen LogP contribution in [0.4, 0.5) is 11.6 Å². The summed E-state index contributed by atoms with van der Waals surface area (Å²) >= 11 is 3.41. The van der Waals surface area contributed by atoms with Crippen LogP contribution in [0.3, 0.4) is 0 Å². The fourth-order valence-corrected chi connectivity index (χ4v) is 3.34. The van der Waals surface area contributed by atoms with Crippen LogP contribution >= 0.6 is 15.9 Å². The van der Waals surface area contributed by atoms with Gasteiger partial charge in [0.1, 0.15) is 5.69 Å². The molecule has 126 valence electrons. The molecule has 6 heteroatoms. The van der Waals surface area contributed by atoms with Gasteiger partial charge < -0.3 is 10.2 Å². The van der Waals surface area contributed by atoms with Crippen LogP contribution in [0.25, 0.3) is 0 Å².